The number of ether oxygens (including phenoxy) is 1. The van der Waals surface area contributed by atoms with Gasteiger partial charge in [0.05, 0.1) is 0 Å². The van der Waals surface area contributed by atoms with Crippen LogP contribution in [0.1, 0.15) is 16.7 Å². The molecule has 0 aromatic heterocycles. The van der Waals surface area contributed by atoms with E-state index in [0.717, 1.165) is 16.9 Å². The fourth-order valence-electron chi connectivity index (χ4n) is 1.54. The van der Waals surface area contributed by atoms with Gasteiger partial charge >= 0.3 is 6.03 Å². The van der Waals surface area contributed by atoms with Crippen molar-refractivity contribution < 1.29 is 9.53 Å². The van der Waals surface area contributed by atoms with Crippen LogP contribution in [0, 0.1) is 20.8 Å². The van der Waals surface area contributed by atoms with Crippen LogP contribution in [-0.2, 0) is 0 Å². The minimum atomic E-state index is -0.279. The summed E-state index contributed by atoms with van der Waals surface area (Å²) in [5, 5.41) is 5.21. The molecule has 0 unspecified atom stereocenters. The molecular weight excluding hydrogens is 252 g/mol. The van der Waals surface area contributed by atoms with E-state index in [4.69, 9.17) is 16.3 Å². The summed E-state index contributed by atoms with van der Waals surface area (Å²) in [4.78, 5) is 11.3. The molecule has 1 rings (SSSR count). The van der Waals surface area contributed by atoms with Gasteiger partial charge in [0.25, 0.3) is 0 Å². The summed E-state index contributed by atoms with van der Waals surface area (Å²) in [7, 11) is 0. The molecule has 0 saturated carbocycles. The summed E-state index contributed by atoms with van der Waals surface area (Å²) in [6, 6.07) is 3.78. The lowest BCUT2D eigenvalue weighted by Crippen LogP contribution is -2.38. The van der Waals surface area contributed by atoms with Gasteiger partial charge in [-0.05, 0) is 37.5 Å². The molecule has 4 nitrogen and oxygen atoms in total. The van der Waals surface area contributed by atoms with Gasteiger partial charge in [0.2, 0.25) is 0 Å². The Morgan fingerprint density at radius 3 is 2.56 bits per heavy atom. The smallest absolute Gasteiger partial charge is 0.317 e. The van der Waals surface area contributed by atoms with Gasteiger partial charge in [-0.3, -0.25) is 0 Å². The Balaban J connectivity index is 2.49. The van der Waals surface area contributed by atoms with Crippen LogP contribution in [0.15, 0.2) is 12.1 Å². The van der Waals surface area contributed by atoms with E-state index in [0.29, 0.717) is 12.4 Å². The zero-order valence-electron chi connectivity index (χ0n) is 11.0. The van der Waals surface area contributed by atoms with Gasteiger partial charge in [-0.1, -0.05) is 12.1 Å². The highest BCUT2D eigenvalue weighted by Gasteiger charge is 2.06. The average Bonchev–Trinajstić information content (AvgIpc) is 2.35. The second-order valence-electron chi connectivity index (χ2n) is 4.06. The minimum absolute atomic E-state index is 0.138. The van der Waals surface area contributed by atoms with Gasteiger partial charge in [0, 0.05) is 12.4 Å². The molecule has 100 valence electrons. The van der Waals surface area contributed by atoms with E-state index in [1.165, 1.54) is 5.56 Å². The van der Waals surface area contributed by atoms with E-state index in [9.17, 15) is 4.79 Å². The maximum Gasteiger partial charge on any atom is 0.317 e. The van der Waals surface area contributed by atoms with E-state index >= 15 is 0 Å². The molecule has 2 N–H and O–H groups in total. The number of alkyl halides is 1. The molecular formula is C13H19ClN2O2. The zero-order chi connectivity index (χ0) is 13.5. The molecule has 1 aromatic carbocycles. The van der Waals surface area contributed by atoms with E-state index in [-0.39, 0.29) is 12.8 Å². The molecule has 2 amide bonds. The van der Waals surface area contributed by atoms with Crippen molar-refractivity contribution in [2.75, 3.05) is 19.2 Å². The van der Waals surface area contributed by atoms with Crippen LogP contribution in [0.3, 0.4) is 0 Å². The van der Waals surface area contributed by atoms with Crippen LogP contribution in [0.5, 0.6) is 5.75 Å². The van der Waals surface area contributed by atoms with Gasteiger partial charge in [-0.15, -0.1) is 11.6 Å². The van der Waals surface area contributed by atoms with Crippen LogP contribution in [0.2, 0.25) is 0 Å². The molecule has 0 spiro atoms. The van der Waals surface area contributed by atoms with Crippen LogP contribution < -0.4 is 15.4 Å². The Labute approximate surface area is 113 Å². The first-order valence-electron chi connectivity index (χ1n) is 5.83. The fraction of sp³-hybridized carbons (Fsp3) is 0.462. The number of rotatable bonds is 5. The van der Waals surface area contributed by atoms with Crippen LogP contribution in [0.25, 0.3) is 0 Å². The largest absolute Gasteiger partial charge is 0.473 e. The first kappa shape index (κ1) is 14.6. The topological polar surface area (TPSA) is 50.4 Å². The molecule has 0 heterocycles. The highest BCUT2D eigenvalue weighted by atomic mass is 35.5. The van der Waals surface area contributed by atoms with Gasteiger partial charge in [-0.25, -0.2) is 4.79 Å². The Bertz CT molecular complexity index is 422. The molecule has 0 fully saturated rings. The molecule has 5 heteroatoms. The third-order valence-electron chi connectivity index (χ3n) is 2.70. The SMILES string of the molecule is Cc1ccc(C)c(OCNC(=O)NCCCl)c1C. The highest BCUT2D eigenvalue weighted by molar-refractivity contribution is 6.18. The Kier molecular flexibility index (Phi) is 5.78. The summed E-state index contributed by atoms with van der Waals surface area (Å²) in [5.74, 6) is 1.22. The maximum atomic E-state index is 11.3. The van der Waals surface area contributed by atoms with Gasteiger partial charge in [0.15, 0.2) is 6.73 Å². The van der Waals surface area contributed by atoms with Crippen LogP contribution in [-0.4, -0.2) is 25.2 Å². The number of aryl methyl sites for hydroxylation is 2. The second-order valence-corrected chi connectivity index (χ2v) is 4.44. The fourth-order valence-corrected chi connectivity index (χ4v) is 1.64. The maximum absolute atomic E-state index is 11.3. The molecule has 0 aliphatic rings. The second kappa shape index (κ2) is 7.11. The number of hydrogen-bond donors (Lipinski definition) is 2. The van der Waals surface area contributed by atoms with Crippen molar-refractivity contribution in [2.24, 2.45) is 0 Å². The van der Waals surface area contributed by atoms with Crippen molar-refractivity contribution in [1.29, 1.82) is 0 Å². The summed E-state index contributed by atoms with van der Waals surface area (Å²) in [6.07, 6.45) is 0. The highest BCUT2D eigenvalue weighted by Crippen LogP contribution is 2.25. The van der Waals surface area contributed by atoms with Crippen LogP contribution >= 0.6 is 11.6 Å². The lowest BCUT2D eigenvalue weighted by atomic mass is 10.1. The van der Waals surface area contributed by atoms with Gasteiger partial charge < -0.3 is 15.4 Å². The minimum Gasteiger partial charge on any atom is -0.473 e. The van der Waals surface area contributed by atoms with Crippen molar-refractivity contribution in [2.45, 2.75) is 20.8 Å². The van der Waals surface area contributed by atoms with E-state index in [1.54, 1.807) is 0 Å². The van der Waals surface area contributed by atoms with E-state index < -0.39 is 0 Å². The van der Waals surface area contributed by atoms with Crippen molar-refractivity contribution in [3.8, 4) is 5.75 Å². The first-order valence-corrected chi connectivity index (χ1v) is 6.37. The predicted octanol–water partition coefficient (Wildman–Crippen LogP) is 2.49. The Morgan fingerprint density at radius 1 is 1.22 bits per heavy atom. The first-order chi connectivity index (χ1) is 8.56. The number of halogens is 1. The van der Waals surface area contributed by atoms with Crippen molar-refractivity contribution in [1.82, 2.24) is 10.6 Å². The number of amides is 2. The average molecular weight is 271 g/mol. The Hall–Kier alpha value is -1.42. The van der Waals surface area contributed by atoms with E-state index in [1.807, 2.05) is 26.8 Å². The lowest BCUT2D eigenvalue weighted by molar-refractivity contribution is 0.224. The molecule has 0 aliphatic carbocycles. The normalized spacial score (nSPS) is 10.0. The van der Waals surface area contributed by atoms with Crippen molar-refractivity contribution in [3.63, 3.8) is 0 Å². The Morgan fingerprint density at radius 2 is 1.89 bits per heavy atom. The van der Waals surface area contributed by atoms with Crippen molar-refractivity contribution in [3.05, 3.63) is 28.8 Å². The van der Waals surface area contributed by atoms with E-state index in [2.05, 4.69) is 16.7 Å². The summed E-state index contributed by atoms with van der Waals surface area (Å²) >= 11 is 5.46. The zero-order valence-corrected chi connectivity index (χ0v) is 11.7. The molecule has 0 bridgehead atoms. The summed E-state index contributed by atoms with van der Waals surface area (Å²) < 4.78 is 5.59. The lowest BCUT2D eigenvalue weighted by Gasteiger charge is -2.14. The van der Waals surface area contributed by atoms with Crippen molar-refractivity contribution >= 4 is 17.6 Å². The number of urea groups is 1. The third-order valence-corrected chi connectivity index (χ3v) is 2.89. The quantitative estimate of drug-likeness (QED) is 0.638. The molecule has 1 aromatic rings. The molecule has 0 saturated heterocycles. The molecule has 0 aliphatic heterocycles. The summed E-state index contributed by atoms with van der Waals surface area (Å²) in [5.41, 5.74) is 3.32. The predicted molar refractivity (Wildman–Crippen MR) is 73.4 cm³/mol. The summed E-state index contributed by atoms with van der Waals surface area (Å²) in [6.45, 7) is 6.60. The monoisotopic (exact) mass is 270 g/mol. The third kappa shape index (κ3) is 4.11. The molecule has 0 radical (unpaired) electrons. The van der Waals surface area contributed by atoms with Gasteiger partial charge in [0.1, 0.15) is 5.75 Å². The number of benzene rings is 1. The number of carbonyl (C=O) groups is 1. The van der Waals surface area contributed by atoms with Crippen LogP contribution in [0.4, 0.5) is 4.79 Å². The number of carbonyl (C=O) groups excluding carboxylic acids is 1. The number of hydrogen-bond acceptors (Lipinski definition) is 2. The standard InChI is InChI=1S/C13H19ClN2O2/c1-9-4-5-10(2)12(11(9)3)18-8-16-13(17)15-7-6-14/h4-5H,6-8H2,1-3H3,(H2,15,16,17). The van der Waals surface area contributed by atoms with Gasteiger partial charge in [-0.2, -0.15) is 0 Å². The number of nitrogens with one attached hydrogen (secondary N) is 2. The molecule has 0 atom stereocenters. The molecule has 18 heavy (non-hydrogen) atoms.